The number of hydrogen-bond acceptors (Lipinski definition) is 5. The minimum absolute atomic E-state index is 0.259. The molecule has 2 heterocycles. The van der Waals surface area contributed by atoms with Gasteiger partial charge in [-0.3, -0.25) is 4.79 Å². The Balaban J connectivity index is 1.39. The number of anilines is 1. The predicted octanol–water partition coefficient (Wildman–Crippen LogP) is 3.48. The second-order valence-electron chi connectivity index (χ2n) is 7.31. The number of nitrogens with zero attached hydrogens (tertiary/aromatic N) is 2. The molecule has 1 aliphatic heterocycles. The van der Waals surface area contributed by atoms with Crippen LogP contribution < -0.4 is 15.5 Å². The fourth-order valence-corrected chi connectivity index (χ4v) is 3.60. The van der Waals surface area contributed by atoms with Gasteiger partial charge in [0.1, 0.15) is 5.82 Å². The van der Waals surface area contributed by atoms with E-state index in [0.717, 1.165) is 54.3 Å². The number of benzene rings is 1. The highest BCUT2D eigenvalue weighted by Gasteiger charge is 2.20. The molecule has 7 nitrogen and oxygen atoms in total. The van der Waals surface area contributed by atoms with Crippen molar-refractivity contribution in [3.63, 3.8) is 0 Å². The fourth-order valence-electron chi connectivity index (χ4n) is 3.47. The lowest BCUT2D eigenvalue weighted by Gasteiger charge is -2.32. The second kappa shape index (κ2) is 10.8. The van der Waals surface area contributed by atoms with Crippen molar-refractivity contribution in [2.24, 2.45) is 5.92 Å². The highest BCUT2D eigenvalue weighted by molar-refractivity contribution is 6.30. The van der Waals surface area contributed by atoms with Crippen molar-refractivity contribution in [2.45, 2.75) is 19.3 Å². The van der Waals surface area contributed by atoms with Crippen LogP contribution in [0.3, 0.4) is 0 Å². The Labute approximate surface area is 181 Å². The predicted molar refractivity (Wildman–Crippen MR) is 118 cm³/mol. The molecule has 0 bridgehead atoms. The lowest BCUT2D eigenvalue weighted by atomic mass is 9.93. The van der Waals surface area contributed by atoms with E-state index in [2.05, 4.69) is 32.7 Å². The van der Waals surface area contributed by atoms with Crippen LogP contribution in [0.4, 0.5) is 10.6 Å². The van der Waals surface area contributed by atoms with Crippen molar-refractivity contribution < 1.29 is 14.3 Å². The van der Waals surface area contributed by atoms with E-state index in [1.807, 2.05) is 30.5 Å². The largest absolute Gasteiger partial charge is 0.439 e. The van der Waals surface area contributed by atoms with Crippen LogP contribution in [0.25, 0.3) is 11.1 Å². The maximum Gasteiger partial charge on any atom is 0.407 e. The SMILES string of the molecule is CNC(=O)COC(=O)NCCC1CCN(c2ccc(-c3ccc(Cl)cc3)cn2)CC1. The molecular weight excluding hydrogens is 404 g/mol. The monoisotopic (exact) mass is 430 g/mol. The van der Waals surface area contributed by atoms with Gasteiger partial charge in [0.15, 0.2) is 6.61 Å². The summed E-state index contributed by atoms with van der Waals surface area (Å²) in [4.78, 5) is 29.5. The number of pyridine rings is 1. The number of piperidine rings is 1. The van der Waals surface area contributed by atoms with Crippen LogP contribution in [0, 0.1) is 5.92 Å². The number of likely N-dealkylation sites (N-methyl/N-ethyl adjacent to an activating group) is 1. The molecule has 0 atom stereocenters. The van der Waals surface area contributed by atoms with Gasteiger partial charge in [-0.05, 0) is 55.0 Å². The van der Waals surface area contributed by atoms with Gasteiger partial charge >= 0.3 is 6.09 Å². The molecule has 160 valence electrons. The molecule has 0 aliphatic carbocycles. The molecule has 1 aromatic heterocycles. The minimum Gasteiger partial charge on any atom is -0.439 e. The molecule has 0 spiro atoms. The first-order valence-corrected chi connectivity index (χ1v) is 10.5. The van der Waals surface area contributed by atoms with Gasteiger partial charge in [0.05, 0.1) is 0 Å². The van der Waals surface area contributed by atoms with E-state index in [1.165, 1.54) is 7.05 Å². The molecule has 2 aromatic rings. The number of ether oxygens (including phenoxy) is 1. The van der Waals surface area contributed by atoms with Crippen molar-refractivity contribution in [1.82, 2.24) is 15.6 Å². The van der Waals surface area contributed by atoms with E-state index in [0.29, 0.717) is 12.5 Å². The molecule has 1 fully saturated rings. The molecule has 1 aliphatic rings. The lowest BCUT2D eigenvalue weighted by molar-refractivity contribution is -0.123. The Morgan fingerprint density at radius 2 is 1.83 bits per heavy atom. The summed E-state index contributed by atoms with van der Waals surface area (Å²) < 4.78 is 4.82. The first kappa shape index (κ1) is 21.9. The van der Waals surface area contributed by atoms with Gasteiger partial charge in [0, 0.05) is 43.5 Å². The number of nitrogens with one attached hydrogen (secondary N) is 2. The molecular formula is C22H27ClN4O3. The van der Waals surface area contributed by atoms with Crippen molar-refractivity contribution in [1.29, 1.82) is 0 Å². The summed E-state index contributed by atoms with van der Waals surface area (Å²) >= 11 is 5.95. The van der Waals surface area contributed by atoms with Crippen LogP contribution in [-0.4, -0.2) is 50.3 Å². The number of carbonyl (C=O) groups is 2. The molecule has 2 amide bonds. The molecule has 1 saturated heterocycles. The standard InChI is InChI=1S/C22H27ClN4O3/c1-24-21(28)15-30-22(29)25-11-8-16-9-12-27(13-10-16)20-7-4-18(14-26-20)17-2-5-19(23)6-3-17/h2-7,14,16H,8-13,15H2,1H3,(H,24,28)(H,25,29). The van der Waals surface area contributed by atoms with E-state index in [-0.39, 0.29) is 12.5 Å². The highest BCUT2D eigenvalue weighted by atomic mass is 35.5. The number of carbonyl (C=O) groups excluding carboxylic acids is 2. The zero-order chi connectivity index (χ0) is 21.3. The number of amides is 2. The quantitative estimate of drug-likeness (QED) is 0.702. The van der Waals surface area contributed by atoms with E-state index in [4.69, 9.17) is 16.3 Å². The van der Waals surface area contributed by atoms with Crippen molar-refractivity contribution in [3.05, 3.63) is 47.6 Å². The maximum atomic E-state index is 11.6. The molecule has 1 aromatic carbocycles. The molecule has 2 N–H and O–H groups in total. The summed E-state index contributed by atoms with van der Waals surface area (Å²) in [6.45, 7) is 2.17. The topological polar surface area (TPSA) is 83.6 Å². The Hall–Kier alpha value is -2.80. The van der Waals surface area contributed by atoms with Gasteiger partial charge in [-0.25, -0.2) is 9.78 Å². The normalized spacial score (nSPS) is 14.3. The first-order chi connectivity index (χ1) is 14.5. The average molecular weight is 431 g/mol. The van der Waals surface area contributed by atoms with Crippen LogP contribution in [-0.2, 0) is 9.53 Å². The highest BCUT2D eigenvalue weighted by Crippen LogP contribution is 2.26. The molecule has 0 saturated carbocycles. The second-order valence-corrected chi connectivity index (χ2v) is 7.74. The summed E-state index contributed by atoms with van der Waals surface area (Å²) in [6, 6.07) is 11.9. The first-order valence-electron chi connectivity index (χ1n) is 10.1. The van der Waals surface area contributed by atoms with Gasteiger partial charge in [-0.1, -0.05) is 23.7 Å². The maximum absolute atomic E-state index is 11.6. The molecule has 0 radical (unpaired) electrons. The fraction of sp³-hybridized carbons (Fsp3) is 0.409. The van der Waals surface area contributed by atoms with Gasteiger partial charge in [-0.15, -0.1) is 0 Å². The molecule has 30 heavy (non-hydrogen) atoms. The van der Waals surface area contributed by atoms with Crippen LogP contribution in [0.1, 0.15) is 19.3 Å². The zero-order valence-corrected chi connectivity index (χ0v) is 17.8. The molecule has 0 unspecified atom stereocenters. The van der Waals surface area contributed by atoms with Gasteiger partial charge in [-0.2, -0.15) is 0 Å². The van der Waals surface area contributed by atoms with Crippen LogP contribution in [0.15, 0.2) is 42.6 Å². The zero-order valence-electron chi connectivity index (χ0n) is 17.1. The van der Waals surface area contributed by atoms with Gasteiger partial charge in [0.25, 0.3) is 5.91 Å². The van der Waals surface area contributed by atoms with Crippen molar-refractivity contribution >= 4 is 29.4 Å². The Bertz CT molecular complexity index is 834. The third-order valence-corrected chi connectivity index (χ3v) is 5.55. The summed E-state index contributed by atoms with van der Waals surface area (Å²) in [6.07, 6.45) is 4.34. The third-order valence-electron chi connectivity index (χ3n) is 5.30. The average Bonchev–Trinajstić information content (AvgIpc) is 2.78. The number of halogens is 1. The Kier molecular flexibility index (Phi) is 7.90. The smallest absolute Gasteiger partial charge is 0.407 e. The van der Waals surface area contributed by atoms with Crippen LogP contribution >= 0.6 is 11.6 Å². The summed E-state index contributed by atoms with van der Waals surface area (Å²) in [5.74, 6) is 1.21. The van der Waals surface area contributed by atoms with E-state index >= 15 is 0 Å². The number of hydrogen-bond donors (Lipinski definition) is 2. The van der Waals surface area contributed by atoms with Crippen molar-refractivity contribution in [3.8, 4) is 11.1 Å². The van der Waals surface area contributed by atoms with Gasteiger partial charge in [0.2, 0.25) is 0 Å². The van der Waals surface area contributed by atoms with Crippen LogP contribution in [0.2, 0.25) is 5.02 Å². The third kappa shape index (κ3) is 6.35. The summed E-state index contributed by atoms with van der Waals surface area (Å²) in [7, 11) is 1.50. The Morgan fingerprint density at radius 1 is 1.13 bits per heavy atom. The number of alkyl carbamates (subject to hydrolysis) is 1. The van der Waals surface area contributed by atoms with Gasteiger partial charge < -0.3 is 20.3 Å². The lowest BCUT2D eigenvalue weighted by Crippen LogP contribution is -2.36. The van der Waals surface area contributed by atoms with Crippen molar-refractivity contribution in [2.75, 3.05) is 38.2 Å². The summed E-state index contributed by atoms with van der Waals surface area (Å²) in [5.41, 5.74) is 2.16. The minimum atomic E-state index is -0.555. The molecule has 3 rings (SSSR count). The molecule has 8 heteroatoms. The number of aromatic nitrogens is 1. The Morgan fingerprint density at radius 3 is 2.47 bits per heavy atom. The van der Waals surface area contributed by atoms with E-state index in [9.17, 15) is 9.59 Å². The summed E-state index contributed by atoms with van der Waals surface area (Å²) in [5, 5.41) is 5.83. The number of rotatable bonds is 7. The van der Waals surface area contributed by atoms with E-state index < -0.39 is 6.09 Å². The van der Waals surface area contributed by atoms with E-state index in [1.54, 1.807) is 0 Å². The van der Waals surface area contributed by atoms with Crippen LogP contribution in [0.5, 0.6) is 0 Å².